The number of likely N-dealkylation sites (tertiary alicyclic amines) is 1. The van der Waals surface area contributed by atoms with Crippen LogP contribution in [0.5, 0.6) is 5.88 Å². The molecule has 0 spiro atoms. The first kappa shape index (κ1) is 17.2. The smallest absolute Gasteiger partial charge is 0.266 e. The predicted octanol–water partition coefficient (Wildman–Crippen LogP) is 1.18. The summed E-state index contributed by atoms with van der Waals surface area (Å²) in [5.74, 6) is 0.932. The molecular weight excluding hydrogens is 346 g/mol. The van der Waals surface area contributed by atoms with Crippen LogP contribution in [0.25, 0.3) is 0 Å². The van der Waals surface area contributed by atoms with Crippen molar-refractivity contribution in [1.29, 1.82) is 0 Å². The van der Waals surface area contributed by atoms with E-state index in [-0.39, 0.29) is 17.0 Å². The second kappa shape index (κ2) is 7.10. The molecule has 1 aliphatic heterocycles. The summed E-state index contributed by atoms with van der Waals surface area (Å²) in [6, 6.07) is 1.38. The Morgan fingerprint density at radius 3 is 2.96 bits per heavy atom. The molecule has 2 aromatic heterocycles. The fourth-order valence-corrected chi connectivity index (χ4v) is 2.72. The largest absolute Gasteiger partial charge is 0.471 e. The van der Waals surface area contributed by atoms with Gasteiger partial charge in [-0.2, -0.15) is 4.98 Å². The first-order valence-corrected chi connectivity index (χ1v) is 8.15. The van der Waals surface area contributed by atoms with Crippen LogP contribution in [0, 0.1) is 0 Å². The second-order valence-electron chi connectivity index (χ2n) is 5.96. The van der Waals surface area contributed by atoms with Crippen LogP contribution < -0.4 is 15.2 Å². The first-order valence-electron chi connectivity index (χ1n) is 7.77. The molecule has 1 saturated heterocycles. The van der Waals surface area contributed by atoms with Crippen LogP contribution in [0.3, 0.4) is 0 Å². The van der Waals surface area contributed by atoms with E-state index in [9.17, 15) is 9.59 Å². The van der Waals surface area contributed by atoms with E-state index in [1.54, 1.807) is 17.3 Å². The van der Waals surface area contributed by atoms with Gasteiger partial charge in [0.2, 0.25) is 5.88 Å². The molecule has 3 rings (SSSR count). The molecule has 0 saturated carbocycles. The van der Waals surface area contributed by atoms with Gasteiger partial charge < -0.3 is 19.5 Å². The maximum atomic E-state index is 12.5. The molecule has 0 unspecified atom stereocenters. The minimum atomic E-state index is -0.416. The predicted molar refractivity (Wildman–Crippen MR) is 93.4 cm³/mol. The molecule has 1 N–H and O–H groups in total. The number of H-pyrrole nitrogens is 1. The van der Waals surface area contributed by atoms with Crippen molar-refractivity contribution >= 4 is 23.3 Å². The van der Waals surface area contributed by atoms with E-state index in [1.807, 2.05) is 19.0 Å². The number of aromatic amines is 1. The zero-order chi connectivity index (χ0) is 18.0. The van der Waals surface area contributed by atoms with Crippen LogP contribution in [-0.2, 0) is 0 Å². The number of anilines is 1. The van der Waals surface area contributed by atoms with Crippen molar-refractivity contribution in [2.24, 2.45) is 0 Å². The molecule has 0 bridgehead atoms. The zero-order valence-corrected chi connectivity index (χ0v) is 14.7. The van der Waals surface area contributed by atoms with E-state index in [2.05, 4.69) is 15.0 Å². The molecule has 0 aromatic carbocycles. The summed E-state index contributed by atoms with van der Waals surface area (Å²) >= 11 is 5.78. The number of ether oxygens (including phenoxy) is 1. The summed E-state index contributed by atoms with van der Waals surface area (Å²) in [7, 11) is 3.75. The van der Waals surface area contributed by atoms with Gasteiger partial charge in [0.25, 0.3) is 11.5 Å². The molecule has 2 aromatic rings. The third-order valence-electron chi connectivity index (χ3n) is 3.88. The van der Waals surface area contributed by atoms with Crippen molar-refractivity contribution in [3.63, 3.8) is 0 Å². The molecule has 132 valence electrons. The van der Waals surface area contributed by atoms with Gasteiger partial charge in [0.05, 0.1) is 24.5 Å². The number of hydrogen-bond donors (Lipinski definition) is 1. The highest BCUT2D eigenvalue weighted by Crippen LogP contribution is 2.20. The Hall–Kier alpha value is -2.61. The SMILES string of the molecule is CN(C)c1cncc(O[C@H]2CCN(C(=O)c3c[nH]c(=O)c(Cl)c3)C2)n1. The van der Waals surface area contributed by atoms with Crippen molar-refractivity contribution in [1.82, 2.24) is 19.9 Å². The van der Waals surface area contributed by atoms with Gasteiger partial charge in [0, 0.05) is 33.3 Å². The molecule has 25 heavy (non-hydrogen) atoms. The van der Waals surface area contributed by atoms with Crippen molar-refractivity contribution < 1.29 is 9.53 Å². The molecule has 0 radical (unpaired) electrons. The highest BCUT2D eigenvalue weighted by molar-refractivity contribution is 6.30. The van der Waals surface area contributed by atoms with Gasteiger partial charge in [-0.1, -0.05) is 11.6 Å². The highest BCUT2D eigenvalue weighted by Gasteiger charge is 2.29. The summed E-state index contributed by atoms with van der Waals surface area (Å²) in [6.07, 6.45) is 5.11. The van der Waals surface area contributed by atoms with E-state index < -0.39 is 5.56 Å². The number of halogens is 1. The Morgan fingerprint density at radius 2 is 2.24 bits per heavy atom. The molecule has 0 aliphatic carbocycles. The molecule has 8 nitrogen and oxygen atoms in total. The van der Waals surface area contributed by atoms with Crippen LogP contribution in [0.2, 0.25) is 5.02 Å². The normalized spacial score (nSPS) is 16.8. The number of hydrogen-bond acceptors (Lipinski definition) is 6. The van der Waals surface area contributed by atoms with Crippen molar-refractivity contribution in [2.45, 2.75) is 12.5 Å². The number of nitrogens with zero attached hydrogens (tertiary/aromatic N) is 4. The van der Waals surface area contributed by atoms with E-state index in [4.69, 9.17) is 16.3 Å². The number of carbonyl (C=O) groups excluding carboxylic acids is 1. The molecule has 1 amide bonds. The molecule has 9 heteroatoms. The van der Waals surface area contributed by atoms with Gasteiger partial charge in [0.15, 0.2) is 5.82 Å². The van der Waals surface area contributed by atoms with Gasteiger partial charge in [0.1, 0.15) is 11.1 Å². The zero-order valence-electron chi connectivity index (χ0n) is 13.9. The van der Waals surface area contributed by atoms with Gasteiger partial charge >= 0.3 is 0 Å². The molecule has 3 heterocycles. The Kier molecular flexibility index (Phi) is 4.89. The van der Waals surface area contributed by atoms with E-state index in [1.165, 1.54) is 12.3 Å². The lowest BCUT2D eigenvalue weighted by Gasteiger charge is -2.17. The maximum absolute atomic E-state index is 12.5. The van der Waals surface area contributed by atoms with Gasteiger partial charge in [-0.15, -0.1) is 0 Å². The van der Waals surface area contributed by atoms with Crippen LogP contribution >= 0.6 is 11.6 Å². The Labute approximate surface area is 149 Å². The molecule has 1 atom stereocenters. The summed E-state index contributed by atoms with van der Waals surface area (Å²) in [5, 5.41) is -0.00591. The van der Waals surface area contributed by atoms with Gasteiger partial charge in [-0.05, 0) is 6.07 Å². The third kappa shape index (κ3) is 3.90. The van der Waals surface area contributed by atoms with Gasteiger partial charge in [-0.25, -0.2) is 0 Å². The lowest BCUT2D eigenvalue weighted by atomic mass is 10.2. The molecular formula is C16H18ClN5O3. The van der Waals surface area contributed by atoms with Crippen molar-refractivity contribution in [2.75, 3.05) is 32.1 Å². The average molecular weight is 364 g/mol. The molecule has 1 fully saturated rings. The standard InChI is InChI=1S/C16H18ClN5O3/c1-21(2)13-7-18-8-14(20-13)25-11-3-4-22(9-11)16(24)10-5-12(17)15(23)19-6-10/h5-8,11H,3-4,9H2,1-2H3,(H,19,23)/t11-/m0/s1. The summed E-state index contributed by atoms with van der Waals surface area (Å²) in [4.78, 5) is 38.2. The molecule has 1 aliphatic rings. The van der Waals surface area contributed by atoms with Crippen LogP contribution in [-0.4, -0.2) is 59.0 Å². The minimum Gasteiger partial charge on any atom is -0.471 e. The minimum absolute atomic E-state index is 0.00591. The van der Waals surface area contributed by atoms with E-state index >= 15 is 0 Å². The number of pyridine rings is 1. The van der Waals surface area contributed by atoms with Crippen LogP contribution in [0.4, 0.5) is 5.82 Å². The number of rotatable bonds is 4. The topological polar surface area (TPSA) is 91.4 Å². The maximum Gasteiger partial charge on any atom is 0.266 e. The number of nitrogens with one attached hydrogen (secondary N) is 1. The summed E-state index contributed by atoms with van der Waals surface area (Å²) in [6.45, 7) is 0.991. The lowest BCUT2D eigenvalue weighted by molar-refractivity contribution is 0.0770. The fourth-order valence-electron chi connectivity index (χ4n) is 2.55. The third-order valence-corrected chi connectivity index (χ3v) is 4.16. The first-order chi connectivity index (χ1) is 11.9. The Balaban J connectivity index is 1.65. The van der Waals surface area contributed by atoms with Crippen molar-refractivity contribution in [3.05, 3.63) is 45.6 Å². The fraction of sp³-hybridized carbons (Fsp3) is 0.375. The highest BCUT2D eigenvalue weighted by atomic mass is 35.5. The Morgan fingerprint density at radius 1 is 1.44 bits per heavy atom. The van der Waals surface area contributed by atoms with Crippen LogP contribution in [0.1, 0.15) is 16.8 Å². The van der Waals surface area contributed by atoms with Crippen LogP contribution in [0.15, 0.2) is 29.5 Å². The quantitative estimate of drug-likeness (QED) is 0.877. The number of carbonyl (C=O) groups is 1. The lowest BCUT2D eigenvalue weighted by Crippen LogP contribution is -2.31. The van der Waals surface area contributed by atoms with E-state index in [0.29, 0.717) is 36.8 Å². The number of aromatic nitrogens is 3. The second-order valence-corrected chi connectivity index (χ2v) is 6.36. The van der Waals surface area contributed by atoms with Gasteiger partial charge in [-0.3, -0.25) is 14.6 Å². The summed E-state index contributed by atoms with van der Waals surface area (Å²) < 4.78 is 5.85. The Bertz CT molecular complexity index is 839. The monoisotopic (exact) mass is 363 g/mol. The van der Waals surface area contributed by atoms with E-state index in [0.717, 1.165) is 0 Å². The average Bonchev–Trinajstić information content (AvgIpc) is 3.05. The number of amides is 1. The van der Waals surface area contributed by atoms with Crippen molar-refractivity contribution in [3.8, 4) is 5.88 Å². The summed E-state index contributed by atoms with van der Waals surface area (Å²) in [5.41, 5.74) is -0.0696.